The Balaban J connectivity index is 2.68. The van der Waals surface area contributed by atoms with Crippen molar-refractivity contribution in [3.05, 3.63) is 42.6 Å². The third kappa shape index (κ3) is 2.31. The summed E-state index contributed by atoms with van der Waals surface area (Å²) in [4.78, 5) is 0. The lowest BCUT2D eigenvalue weighted by Crippen LogP contribution is -1.96. The highest BCUT2D eigenvalue weighted by molar-refractivity contribution is 5.18. The fourth-order valence-electron chi connectivity index (χ4n) is 1.04. The van der Waals surface area contributed by atoms with Crippen molar-refractivity contribution in [3.8, 4) is 0 Å². The van der Waals surface area contributed by atoms with E-state index in [0.717, 1.165) is 5.56 Å². The average molecular weight is 167 g/mol. The Morgan fingerprint density at radius 3 is 2.42 bits per heavy atom. The van der Waals surface area contributed by atoms with E-state index in [9.17, 15) is 9.50 Å². The Hall–Kier alpha value is -0.890. The maximum Gasteiger partial charge on any atom is 0.123 e. The zero-order valence-corrected chi connectivity index (χ0v) is 6.83. The van der Waals surface area contributed by atoms with E-state index in [2.05, 4.69) is 6.92 Å². The van der Waals surface area contributed by atoms with E-state index in [4.69, 9.17) is 0 Å². The maximum absolute atomic E-state index is 12.4. The number of aliphatic hydroxyl groups excluding tert-OH is 1. The predicted octanol–water partition coefficient (Wildman–Crippen LogP) is 2.47. The van der Waals surface area contributed by atoms with Crippen LogP contribution < -0.4 is 0 Å². The molecular formula is C10H12FO. The second kappa shape index (κ2) is 4.21. The van der Waals surface area contributed by atoms with Crippen LogP contribution in [0.1, 0.15) is 24.5 Å². The minimum Gasteiger partial charge on any atom is -0.388 e. The Morgan fingerprint density at radius 1 is 1.33 bits per heavy atom. The summed E-state index contributed by atoms with van der Waals surface area (Å²) in [7, 11) is 0. The minimum absolute atomic E-state index is 0.277. The Labute approximate surface area is 71.9 Å². The van der Waals surface area contributed by atoms with Crippen LogP contribution in [-0.2, 0) is 0 Å². The number of hydrogen-bond donors (Lipinski definition) is 1. The van der Waals surface area contributed by atoms with Crippen LogP contribution >= 0.6 is 0 Å². The van der Waals surface area contributed by atoms with Crippen molar-refractivity contribution in [2.45, 2.75) is 18.9 Å². The van der Waals surface area contributed by atoms with Gasteiger partial charge in [0.2, 0.25) is 0 Å². The Kier molecular flexibility index (Phi) is 3.23. The Morgan fingerprint density at radius 2 is 1.92 bits per heavy atom. The monoisotopic (exact) mass is 167 g/mol. The SMILES string of the molecule is [CH2]CCC(O)c1ccc(F)cc1. The number of hydrogen-bond acceptors (Lipinski definition) is 1. The molecule has 1 aromatic rings. The van der Waals surface area contributed by atoms with Gasteiger partial charge in [0.1, 0.15) is 5.82 Å². The minimum atomic E-state index is -0.511. The second-order valence-corrected chi connectivity index (χ2v) is 2.71. The van der Waals surface area contributed by atoms with Crippen LogP contribution in [0.5, 0.6) is 0 Å². The molecule has 0 aliphatic heterocycles. The molecule has 1 N–H and O–H groups in total. The van der Waals surface area contributed by atoms with Crippen molar-refractivity contribution >= 4 is 0 Å². The van der Waals surface area contributed by atoms with Crippen molar-refractivity contribution < 1.29 is 9.50 Å². The topological polar surface area (TPSA) is 20.2 Å². The number of rotatable bonds is 3. The summed E-state index contributed by atoms with van der Waals surface area (Å²) >= 11 is 0. The summed E-state index contributed by atoms with van der Waals surface area (Å²) in [6.45, 7) is 3.63. The quantitative estimate of drug-likeness (QED) is 0.733. The lowest BCUT2D eigenvalue weighted by molar-refractivity contribution is 0.168. The molecule has 0 aliphatic rings. The third-order valence-electron chi connectivity index (χ3n) is 1.73. The maximum atomic E-state index is 12.4. The van der Waals surface area contributed by atoms with Gasteiger partial charge in [-0.25, -0.2) is 4.39 Å². The van der Waals surface area contributed by atoms with Crippen LogP contribution in [0.15, 0.2) is 24.3 Å². The van der Waals surface area contributed by atoms with E-state index in [1.165, 1.54) is 12.1 Å². The average Bonchev–Trinajstić information content (AvgIpc) is 2.06. The molecule has 0 fully saturated rings. The molecule has 12 heavy (non-hydrogen) atoms. The molecule has 1 rings (SSSR count). The van der Waals surface area contributed by atoms with Gasteiger partial charge >= 0.3 is 0 Å². The first-order chi connectivity index (χ1) is 5.74. The molecule has 1 aromatic carbocycles. The first kappa shape index (κ1) is 9.20. The predicted molar refractivity (Wildman–Crippen MR) is 46.0 cm³/mol. The molecule has 0 bridgehead atoms. The van der Waals surface area contributed by atoms with Gasteiger partial charge < -0.3 is 5.11 Å². The Bertz CT molecular complexity index is 230. The molecular weight excluding hydrogens is 155 g/mol. The normalized spacial score (nSPS) is 12.9. The van der Waals surface area contributed by atoms with Gasteiger partial charge in [-0.05, 0) is 24.1 Å². The fraction of sp³-hybridized carbons (Fsp3) is 0.300. The van der Waals surface area contributed by atoms with Crippen molar-refractivity contribution in [2.75, 3.05) is 0 Å². The largest absolute Gasteiger partial charge is 0.388 e. The summed E-state index contributed by atoms with van der Waals surface area (Å²) in [5.41, 5.74) is 0.750. The molecule has 0 heterocycles. The van der Waals surface area contributed by atoms with E-state index in [0.29, 0.717) is 12.8 Å². The molecule has 1 nitrogen and oxygen atoms in total. The van der Waals surface area contributed by atoms with Gasteiger partial charge in [0.25, 0.3) is 0 Å². The molecule has 0 saturated heterocycles. The first-order valence-electron chi connectivity index (χ1n) is 3.97. The van der Waals surface area contributed by atoms with E-state index < -0.39 is 6.10 Å². The number of aliphatic hydroxyl groups is 1. The summed E-state index contributed by atoms with van der Waals surface area (Å²) < 4.78 is 12.4. The van der Waals surface area contributed by atoms with Gasteiger partial charge in [-0.3, -0.25) is 0 Å². The van der Waals surface area contributed by atoms with Crippen molar-refractivity contribution in [1.82, 2.24) is 0 Å². The molecule has 65 valence electrons. The zero-order chi connectivity index (χ0) is 8.97. The standard InChI is InChI=1S/C10H12FO/c1-2-3-10(12)8-4-6-9(11)7-5-8/h4-7,10,12H,1-3H2. The number of halogens is 1. The molecule has 0 aliphatic carbocycles. The summed E-state index contributed by atoms with van der Waals surface area (Å²) in [6.07, 6.45) is 0.785. The van der Waals surface area contributed by atoms with Crippen LogP contribution in [0.25, 0.3) is 0 Å². The van der Waals surface area contributed by atoms with Crippen molar-refractivity contribution in [3.63, 3.8) is 0 Å². The third-order valence-corrected chi connectivity index (χ3v) is 1.73. The van der Waals surface area contributed by atoms with Crippen LogP contribution in [0.4, 0.5) is 4.39 Å². The van der Waals surface area contributed by atoms with Gasteiger partial charge in [0.05, 0.1) is 6.10 Å². The van der Waals surface area contributed by atoms with E-state index in [1.807, 2.05) is 0 Å². The van der Waals surface area contributed by atoms with Crippen LogP contribution in [-0.4, -0.2) is 5.11 Å². The van der Waals surface area contributed by atoms with E-state index in [-0.39, 0.29) is 5.82 Å². The van der Waals surface area contributed by atoms with Crippen molar-refractivity contribution in [1.29, 1.82) is 0 Å². The fourth-order valence-corrected chi connectivity index (χ4v) is 1.04. The van der Waals surface area contributed by atoms with E-state index in [1.54, 1.807) is 12.1 Å². The van der Waals surface area contributed by atoms with Crippen molar-refractivity contribution in [2.24, 2.45) is 0 Å². The summed E-state index contributed by atoms with van der Waals surface area (Å²) in [5.74, 6) is -0.277. The van der Waals surface area contributed by atoms with E-state index >= 15 is 0 Å². The molecule has 1 radical (unpaired) electrons. The smallest absolute Gasteiger partial charge is 0.123 e. The van der Waals surface area contributed by atoms with Crippen LogP contribution in [0, 0.1) is 12.7 Å². The zero-order valence-electron chi connectivity index (χ0n) is 6.83. The van der Waals surface area contributed by atoms with Gasteiger partial charge in [-0.15, -0.1) is 0 Å². The van der Waals surface area contributed by atoms with Gasteiger partial charge in [0.15, 0.2) is 0 Å². The molecule has 0 amide bonds. The highest BCUT2D eigenvalue weighted by Gasteiger charge is 2.04. The molecule has 1 unspecified atom stereocenters. The number of benzene rings is 1. The summed E-state index contributed by atoms with van der Waals surface area (Å²) in [5, 5.41) is 9.45. The molecule has 2 heteroatoms. The lowest BCUT2D eigenvalue weighted by atomic mass is 10.1. The first-order valence-corrected chi connectivity index (χ1v) is 3.97. The highest BCUT2D eigenvalue weighted by Crippen LogP contribution is 2.17. The molecule has 1 atom stereocenters. The van der Waals surface area contributed by atoms with Gasteiger partial charge in [-0.1, -0.05) is 25.5 Å². The van der Waals surface area contributed by atoms with Gasteiger partial charge in [0, 0.05) is 0 Å². The lowest BCUT2D eigenvalue weighted by Gasteiger charge is -2.08. The van der Waals surface area contributed by atoms with Crippen LogP contribution in [0.2, 0.25) is 0 Å². The van der Waals surface area contributed by atoms with Crippen LogP contribution in [0.3, 0.4) is 0 Å². The summed E-state index contributed by atoms with van der Waals surface area (Å²) in [6, 6.07) is 5.88. The van der Waals surface area contributed by atoms with Gasteiger partial charge in [-0.2, -0.15) is 0 Å². The highest BCUT2D eigenvalue weighted by atomic mass is 19.1. The molecule has 0 aromatic heterocycles. The second-order valence-electron chi connectivity index (χ2n) is 2.71. The molecule has 0 spiro atoms. The molecule has 0 saturated carbocycles.